The molecule has 1 aromatic rings. The highest BCUT2D eigenvalue weighted by Gasteiger charge is 2.18. The van der Waals surface area contributed by atoms with Gasteiger partial charge in [0.2, 0.25) is 0 Å². The maximum absolute atomic E-state index is 5.65. The van der Waals surface area contributed by atoms with Gasteiger partial charge in [0.15, 0.2) is 0 Å². The van der Waals surface area contributed by atoms with E-state index in [-0.39, 0.29) is 6.10 Å². The number of ether oxygens (including phenoxy) is 2. The van der Waals surface area contributed by atoms with E-state index in [2.05, 4.69) is 19.1 Å². The molecule has 2 rings (SSSR count). The van der Waals surface area contributed by atoms with Crippen molar-refractivity contribution in [3.8, 4) is 0 Å². The molecule has 0 saturated carbocycles. The van der Waals surface area contributed by atoms with E-state index in [1.54, 1.807) is 6.26 Å². The van der Waals surface area contributed by atoms with E-state index in [0.717, 1.165) is 12.8 Å². The Morgan fingerprint density at radius 1 is 1.31 bits per heavy atom. The van der Waals surface area contributed by atoms with Crippen molar-refractivity contribution in [2.45, 2.75) is 38.6 Å². The lowest BCUT2D eigenvalue weighted by Crippen LogP contribution is -2.04. The Balaban J connectivity index is 1.70. The van der Waals surface area contributed by atoms with Crippen LogP contribution in [-0.2, 0) is 16.1 Å². The monoisotopic (exact) mass is 218 g/mol. The molecule has 1 aliphatic heterocycles. The predicted molar refractivity (Wildman–Crippen MR) is 63.9 cm³/mol. The van der Waals surface area contributed by atoms with Crippen LogP contribution in [0, 0.1) is 0 Å². The fourth-order valence-corrected chi connectivity index (χ4v) is 1.84. The van der Waals surface area contributed by atoms with Crippen molar-refractivity contribution in [3.05, 3.63) is 48.2 Å². The fourth-order valence-electron chi connectivity index (χ4n) is 1.84. The molecule has 16 heavy (non-hydrogen) atoms. The first kappa shape index (κ1) is 11.2. The lowest BCUT2D eigenvalue weighted by atomic mass is 10.2. The molecule has 0 N–H and O–H groups in total. The maximum Gasteiger partial charge on any atom is 0.112 e. The van der Waals surface area contributed by atoms with Crippen LogP contribution in [0.2, 0.25) is 0 Å². The van der Waals surface area contributed by atoms with Crippen LogP contribution < -0.4 is 0 Å². The van der Waals surface area contributed by atoms with Crippen LogP contribution in [0.3, 0.4) is 0 Å². The van der Waals surface area contributed by atoms with Gasteiger partial charge in [0.1, 0.15) is 6.61 Å². The lowest BCUT2D eigenvalue weighted by molar-refractivity contribution is 0.0809. The van der Waals surface area contributed by atoms with Gasteiger partial charge in [-0.2, -0.15) is 0 Å². The van der Waals surface area contributed by atoms with Gasteiger partial charge in [0.05, 0.1) is 18.5 Å². The second-order valence-electron chi connectivity index (χ2n) is 4.19. The van der Waals surface area contributed by atoms with Crippen molar-refractivity contribution < 1.29 is 9.47 Å². The Labute approximate surface area is 96.9 Å². The van der Waals surface area contributed by atoms with Crippen molar-refractivity contribution in [3.63, 3.8) is 0 Å². The number of rotatable bonds is 4. The number of benzene rings is 1. The van der Waals surface area contributed by atoms with Crippen molar-refractivity contribution in [2.24, 2.45) is 0 Å². The van der Waals surface area contributed by atoms with Gasteiger partial charge in [0, 0.05) is 0 Å². The second kappa shape index (κ2) is 5.71. The van der Waals surface area contributed by atoms with Crippen molar-refractivity contribution in [1.82, 2.24) is 0 Å². The molecule has 0 radical (unpaired) electrons. The molecule has 1 aliphatic rings. The molecule has 0 aliphatic carbocycles. The third-order valence-electron chi connectivity index (χ3n) is 2.75. The van der Waals surface area contributed by atoms with Gasteiger partial charge in [-0.15, -0.1) is 0 Å². The minimum atomic E-state index is 0.241. The molecular formula is C14H18O2. The summed E-state index contributed by atoms with van der Waals surface area (Å²) < 4.78 is 11.1. The normalized spacial score (nSPS) is 25.1. The van der Waals surface area contributed by atoms with E-state index in [1.807, 2.05) is 24.3 Å². The maximum atomic E-state index is 5.65. The fraction of sp³-hybridized carbons (Fsp3) is 0.429. The molecule has 1 heterocycles. The standard InChI is InChI=1S/C14H18O2/c1-12-7-8-14(16-12)9-10-15-11-13-5-3-2-4-6-13/h2-6,9-10,12,14H,7-8,11H2,1H3/b10-9+. The van der Waals surface area contributed by atoms with Crippen LogP contribution in [0.5, 0.6) is 0 Å². The largest absolute Gasteiger partial charge is 0.497 e. The van der Waals surface area contributed by atoms with Gasteiger partial charge < -0.3 is 9.47 Å². The molecule has 2 heteroatoms. The summed E-state index contributed by atoms with van der Waals surface area (Å²) in [7, 11) is 0. The summed E-state index contributed by atoms with van der Waals surface area (Å²) in [6, 6.07) is 10.2. The molecular weight excluding hydrogens is 200 g/mol. The Hall–Kier alpha value is -1.28. The Morgan fingerprint density at radius 3 is 2.81 bits per heavy atom. The molecule has 2 nitrogen and oxygen atoms in total. The van der Waals surface area contributed by atoms with E-state index in [9.17, 15) is 0 Å². The van der Waals surface area contributed by atoms with Crippen LogP contribution in [0.4, 0.5) is 0 Å². The molecule has 0 aromatic heterocycles. The van der Waals surface area contributed by atoms with E-state index in [1.165, 1.54) is 5.56 Å². The average Bonchev–Trinajstić information content (AvgIpc) is 2.72. The van der Waals surface area contributed by atoms with Gasteiger partial charge in [-0.05, 0) is 31.4 Å². The minimum absolute atomic E-state index is 0.241. The highest BCUT2D eigenvalue weighted by Crippen LogP contribution is 2.19. The first-order valence-electron chi connectivity index (χ1n) is 5.82. The predicted octanol–water partition coefficient (Wildman–Crippen LogP) is 3.28. The second-order valence-corrected chi connectivity index (χ2v) is 4.19. The smallest absolute Gasteiger partial charge is 0.112 e. The Kier molecular flexibility index (Phi) is 4.00. The van der Waals surface area contributed by atoms with Crippen molar-refractivity contribution in [2.75, 3.05) is 0 Å². The zero-order valence-electron chi connectivity index (χ0n) is 9.63. The van der Waals surface area contributed by atoms with Gasteiger partial charge in [-0.3, -0.25) is 0 Å². The van der Waals surface area contributed by atoms with Gasteiger partial charge in [0.25, 0.3) is 0 Å². The highest BCUT2D eigenvalue weighted by molar-refractivity contribution is 5.13. The van der Waals surface area contributed by atoms with Crippen molar-refractivity contribution in [1.29, 1.82) is 0 Å². The molecule has 0 spiro atoms. The van der Waals surface area contributed by atoms with Crippen LogP contribution in [0.1, 0.15) is 25.3 Å². The van der Waals surface area contributed by atoms with E-state index >= 15 is 0 Å². The summed E-state index contributed by atoms with van der Waals surface area (Å²) in [5.41, 5.74) is 1.19. The average molecular weight is 218 g/mol. The van der Waals surface area contributed by atoms with Crippen molar-refractivity contribution >= 4 is 0 Å². The minimum Gasteiger partial charge on any atom is -0.497 e. The summed E-state index contributed by atoms with van der Waals surface area (Å²) >= 11 is 0. The third kappa shape index (κ3) is 3.38. The zero-order chi connectivity index (χ0) is 11.2. The summed E-state index contributed by atoms with van der Waals surface area (Å²) in [5.74, 6) is 0. The summed E-state index contributed by atoms with van der Waals surface area (Å²) in [5, 5.41) is 0. The lowest BCUT2D eigenvalue weighted by Gasteiger charge is -2.05. The first-order chi connectivity index (χ1) is 7.84. The van der Waals surface area contributed by atoms with Crippen LogP contribution in [-0.4, -0.2) is 12.2 Å². The molecule has 1 fully saturated rings. The molecule has 1 aromatic carbocycles. The third-order valence-corrected chi connectivity index (χ3v) is 2.75. The van der Waals surface area contributed by atoms with E-state index in [4.69, 9.17) is 9.47 Å². The summed E-state index contributed by atoms with van der Waals surface area (Å²) in [4.78, 5) is 0. The molecule has 2 atom stereocenters. The first-order valence-corrected chi connectivity index (χ1v) is 5.82. The Morgan fingerprint density at radius 2 is 2.12 bits per heavy atom. The SMILES string of the molecule is CC1CCC(/C=C/OCc2ccccc2)O1. The van der Waals surface area contributed by atoms with Gasteiger partial charge in [-0.1, -0.05) is 30.3 Å². The highest BCUT2D eigenvalue weighted by atomic mass is 16.5. The van der Waals surface area contributed by atoms with E-state index in [0.29, 0.717) is 12.7 Å². The Bertz CT molecular complexity index is 332. The summed E-state index contributed by atoms with van der Waals surface area (Å²) in [6.45, 7) is 2.73. The van der Waals surface area contributed by atoms with Gasteiger partial charge >= 0.3 is 0 Å². The molecule has 1 saturated heterocycles. The zero-order valence-corrected chi connectivity index (χ0v) is 9.63. The molecule has 86 valence electrons. The van der Waals surface area contributed by atoms with Crippen LogP contribution >= 0.6 is 0 Å². The molecule has 0 bridgehead atoms. The summed E-state index contributed by atoms with van der Waals surface area (Å²) in [6.07, 6.45) is 6.65. The number of hydrogen-bond acceptors (Lipinski definition) is 2. The number of hydrogen-bond donors (Lipinski definition) is 0. The molecule has 2 unspecified atom stereocenters. The van der Waals surface area contributed by atoms with Crippen LogP contribution in [0.25, 0.3) is 0 Å². The topological polar surface area (TPSA) is 18.5 Å². The van der Waals surface area contributed by atoms with E-state index < -0.39 is 0 Å². The van der Waals surface area contributed by atoms with Gasteiger partial charge in [-0.25, -0.2) is 0 Å². The molecule has 0 amide bonds. The van der Waals surface area contributed by atoms with Crippen LogP contribution in [0.15, 0.2) is 42.7 Å². The quantitative estimate of drug-likeness (QED) is 0.722.